The molecule has 0 aliphatic heterocycles. The number of ether oxygens (including phenoxy) is 2. The first-order valence-corrected chi connectivity index (χ1v) is 9.73. The minimum Gasteiger partial charge on any atom is -0.476 e. The molecule has 29 heavy (non-hydrogen) atoms. The molecule has 2 rings (SSSR count). The topological polar surface area (TPSA) is 55.2 Å². The Kier molecular flexibility index (Phi) is 8.01. The summed E-state index contributed by atoms with van der Waals surface area (Å²) < 4.78 is 11.5. The van der Waals surface area contributed by atoms with Crippen LogP contribution in [0, 0.1) is 0 Å². The molecule has 0 aliphatic carbocycles. The van der Waals surface area contributed by atoms with Gasteiger partial charge in [0.1, 0.15) is 17.1 Å². The van der Waals surface area contributed by atoms with Crippen molar-refractivity contribution in [2.24, 2.45) is 9.98 Å². The fraction of sp³-hybridized carbons (Fsp3) is 0.333. The van der Waals surface area contributed by atoms with Crippen molar-refractivity contribution in [1.82, 2.24) is 5.32 Å². The van der Waals surface area contributed by atoms with Crippen molar-refractivity contribution >= 4 is 17.4 Å². The molecule has 0 atom stereocenters. The van der Waals surface area contributed by atoms with Gasteiger partial charge in [-0.1, -0.05) is 24.8 Å². The van der Waals surface area contributed by atoms with Gasteiger partial charge < -0.3 is 14.8 Å². The van der Waals surface area contributed by atoms with Crippen molar-refractivity contribution < 1.29 is 9.47 Å². The zero-order valence-electron chi connectivity index (χ0n) is 18.0. The van der Waals surface area contributed by atoms with Gasteiger partial charge in [-0.3, -0.25) is 9.98 Å². The van der Waals surface area contributed by atoms with Crippen molar-refractivity contribution in [3.8, 4) is 11.5 Å². The van der Waals surface area contributed by atoms with Crippen molar-refractivity contribution in [2.45, 2.75) is 40.2 Å². The standard InChI is InChI=1S/C24H31N3O2/c1-18(27-19(2)25-16-17-26-20(3)29-24(4,5)6)21-12-14-23(15-13-21)28-22-10-8-7-9-11-22/h7-15H,1,16-17H2,2-6H3,(H,25,27). The molecule has 0 aromatic heterocycles. The molecule has 5 nitrogen and oxygen atoms in total. The first-order valence-electron chi connectivity index (χ1n) is 9.73. The minimum absolute atomic E-state index is 0.228. The molecule has 0 amide bonds. The quantitative estimate of drug-likeness (QED) is 0.373. The second kappa shape index (κ2) is 10.5. The van der Waals surface area contributed by atoms with Gasteiger partial charge in [-0.25, -0.2) is 0 Å². The van der Waals surface area contributed by atoms with Crippen LogP contribution in [0.25, 0.3) is 5.70 Å². The number of aliphatic imine (C=N–C) groups is 2. The number of benzene rings is 2. The third-order valence-electron chi connectivity index (χ3n) is 3.75. The van der Waals surface area contributed by atoms with Gasteiger partial charge >= 0.3 is 0 Å². The highest BCUT2D eigenvalue weighted by Crippen LogP contribution is 2.22. The lowest BCUT2D eigenvalue weighted by Gasteiger charge is -2.20. The summed E-state index contributed by atoms with van der Waals surface area (Å²) in [7, 11) is 0. The Hall–Kier alpha value is -3.08. The van der Waals surface area contributed by atoms with Crippen molar-refractivity contribution in [3.63, 3.8) is 0 Å². The van der Waals surface area contributed by atoms with Gasteiger partial charge in [0.2, 0.25) is 0 Å². The van der Waals surface area contributed by atoms with Crippen LogP contribution in [0.2, 0.25) is 0 Å². The van der Waals surface area contributed by atoms with E-state index in [1.807, 2.05) is 89.2 Å². The second-order valence-electron chi connectivity index (χ2n) is 7.63. The average molecular weight is 394 g/mol. The number of nitrogens with one attached hydrogen (secondary N) is 1. The number of hydrogen-bond donors (Lipinski definition) is 1. The summed E-state index contributed by atoms with van der Waals surface area (Å²) in [5.74, 6) is 3.07. The van der Waals surface area contributed by atoms with Crippen LogP contribution in [0.5, 0.6) is 11.5 Å². The lowest BCUT2D eigenvalue weighted by atomic mass is 10.1. The molecule has 0 fully saturated rings. The summed E-state index contributed by atoms with van der Waals surface area (Å²) in [5.41, 5.74) is 1.54. The highest BCUT2D eigenvalue weighted by Gasteiger charge is 2.11. The lowest BCUT2D eigenvalue weighted by Crippen LogP contribution is -2.22. The predicted octanol–water partition coefficient (Wildman–Crippen LogP) is 5.69. The van der Waals surface area contributed by atoms with Crippen LogP contribution in [0.1, 0.15) is 40.2 Å². The van der Waals surface area contributed by atoms with E-state index in [0.717, 1.165) is 28.6 Å². The molecule has 0 bridgehead atoms. The molecule has 2 aromatic carbocycles. The maximum absolute atomic E-state index is 5.81. The van der Waals surface area contributed by atoms with Gasteiger partial charge in [-0.2, -0.15) is 0 Å². The fourth-order valence-electron chi connectivity index (χ4n) is 2.58. The smallest absolute Gasteiger partial charge is 0.180 e. The molecule has 0 saturated heterocycles. The molecule has 0 unspecified atom stereocenters. The Morgan fingerprint density at radius 1 is 0.897 bits per heavy atom. The van der Waals surface area contributed by atoms with Crippen LogP contribution in [0.4, 0.5) is 0 Å². The van der Waals surface area contributed by atoms with Crippen LogP contribution in [-0.4, -0.2) is 30.4 Å². The van der Waals surface area contributed by atoms with E-state index in [1.165, 1.54) is 0 Å². The molecule has 154 valence electrons. The number of rotatable bonds is 7. The fourth-order valence-corrected chi connectivity index (χ4v) is 2.58. The van der Waals surface area contributed by atoms with E-state index in [-0.39, 0.29) is 5.60 Å². The first kappa shape index (κ1) is 22.2. The molecule has 0 radical (unpaired) electrons. The summed E-state index contributed by atoms with van der Waals surface area (Å²) >= 11 is 0. The van der Waals surface area contributed by atoms with E-state index in [1.54, 1.807) is 0 Å². The lowest BCUT2D eigenvalue weighted by molar-refractivity contribution is 0.115. The largest absolute Gasteiger partial charge is 0.476 e. The van der Waals surface area contributed by atoms with Crippen molar-refractivity contribution in [2.75, 3.05) is 13.1 Å². The van der Waals surface area contributed by atoms with E-state index in [0.29, 0.717) is 19.0 Å². The summed E-state index contributed by atoms with van der Waals surface area (Å²) in [6.07, 6.45) is 0. The van der Waals surface area contributed by atoms with E-state index in [9.17, 15) is 0 Å². The second-order valence-corrected chi connectivity index (χ2v) is 7.63. The Labute approximate surface area is 174 Å². The molecule has 2 aromatic rings. The Bertz CT molecular complexity index is 848. The molecular formula is C24H31N3O2. The van der Waals surface area contributed by atoms with Gasteiger partial charge in [-0.05, 0) is 69.7 Å². The number of hydrogen-bond acceptors (Lipinski definition) is 4. The van der Waals surface area contributed by atoms with Crippen LogP contribution >= 0.6 is 0 Å². The zero-order valence-corrected chi connectivity index (χ0v) is 18.0. The normalized spacial score (nSPS) is 12.4. The molecular weight excluding hydrogens is 362 g/mol. The van der Waals surface area contributed by atoms with Gasteiger partial charge in [-0.15, -0.1) is 0 Å². The maximum Gasteiger partial charge on any atom is 0.180 e. The predicted molar refractivity (Wildman–Crippen MR) is 122 cm³/mol. The Balaban J connectivity index is 1.82. The SMILES string of the molecule is C=C(NC(C)=NCCN=C(C)OC(C)(C)C)c1ccc(Oc2ccccc2)cc1. The maximum atomic E-state index is 5.81. The van der Waals surface area contributed by atoms with E-state index < -0.39 is 0 Å². The number of nitrogens with zero attached hydrogens (tertiary/aromatic N) is 2. The molecule has 0 aliphatic rings. The third kappa shape index (κ3) is 8.64. The van der Waals surface area contributed by atoms with Gasteiger partial charge in [0, 0.05) is 12.6 Å². The number of para-hydroxylation sites is 1. The molecule has 5 heteroatoms. The summed E-state index contributed by atoms with van der Waals surface area (Å²) in [6.45, 7) is 15.1. The highest BCUT2D eigenvalue weighted by atomic mass is 16.5. The molecule has 0 heterocycles. The Morgan fingerprint density at radius 2 is 1.48 bits per heavy atom. The average Bonchev–Trinajstić information content (AvgIpc) is 2.65. The summed E-state index contributed by atoms with van der Waals surface area (Å²) in [4.78, 5) is 8.87. The van der Waals surface area contributed by atoms with E-state index in [4.69, 9.17) is 9.47 Å². The van der Waals surface area contributed by atoms with Crippen LogP contribution in [0.15, 0.2) is 71.2 Å². The molecule has 0 saturated carbocycles. The van der Waals surface area contributed by atoms with Crippen molar-refractivity contribution in [3.05, 3.63) is 66.7 Å². The monoisotopic (exact) mass is 393 g/mol. The summed E-state index contributed by atoms with van der Waals surface area (Å²) in [6, 6.07) is 17.5. The van der Waals surface area contributed by atoms with E-state index in [2.05, 4.69) is 21.9 Å². The first-order chi connectivity index (χ1) is 13.7. The van der Waals surface area contributed by atoms with Gasteiger partial charge in [0.25, 0.3) is 0 Å². The highest BCUT2D eigenvalue weighted by molar-refractivity contribution is 5.88. The Morgan fingerprint density at radius 3 is 2.10 bits per heavy atom. The van der Waals surface area contributed by atoms with E-state index >= 15 is 0 Å². The number of amidine groups is 1. The van der Waals surface area contributed by atoms with Crippen LogP contribution in [-0.2, 0) is 4.74 Å². The van der Waals surface area contributed by atoms with Crippen LogP contribution in [0.3, 0.4) is 0 Å². The third-order valence-corrected chi connectivity index (χ3v) is 3.75. The van der Waals surface area contributed by atoms with Gasteiger partial charge in [0.15, 0.2) is 5.90 Å². The zero-order chi connectivity index (χ0) is 21.3. The van der Waals surface area contributed by atoms with Gasteiger partial charge in [0.05, 0.1) is 18.9 Å². The van der Waals surface area contributed by atoms with Crippen LogP contribution < -0.4 is 10.1 Å². The van der Waals surface area contributed by atoms with Crippen molar-refractivity contribution in [1.29, 1.82) is 0 Å². The summed E-state index contributed by atoms with van der Waals surface area (Å²) in [5, 5.41) is 3.23. The molecule has 0 spiro atoms. The molecule has 1 N–H and O–H groups in total. The minimum atomic E-state index is -0.228.